The van der Waals surface area contributed by atoms with E-state index in [0.717, 1.165) is 11.3 Å². The van der Waals surface area contributed by atoms with Crippen molar-refractivity contribution in [3.63, 3.8) is 0 Å². The lowest BCUT2D eigenvalue weighted by Crippen LogP contribution is -2.19. The van der Waals surface area contributed by atoms with Gasteiger partial charge in [0, 0.05) is 16.8 Å². The Kier molecular flexibility index (Phi) is 4.90. The first-order valence-electron chi connectivity index (χ1n) is 4.72. The highest BCUT2D eigenvalue weighted by molar-refractivity contribution is 7.98. The van der Waals surface area contributed by atoms with Gasteiger partial charge in [-0.1, -0.05) is 11.6 Å². The third kappa shape index (κ3) is 3.10. The predicted molar refractivity (Wildman–Crippen MR) is 66.3 cm³/mol. The van der Waals surface area contributed by atoms with Crippen LogP contribution in [0.5, 0.6) is 0 Å². The van der Waals surface area contributed by atoms with Crippen LogP contribution >= 0.6 is 23.4 Å². The lowest BCUT2D eigenvalue weighted by atomic mass is 10.1. The van der Waals surface area contributed by atoms with E-state index >= 15 is 0 Å². The number of thioether (sulfide) groups is 1. The smallest absolute Gasteiger partial charge is 0.126 e. The maximum atomic E-state index is 13.4. The first-order chi connectivity index (χ1) is 7.10. The van der Waals surface area contributed by atoms with Crippen LogP contribution < -0.4 is 5.32 Å². The maximum absolute atomic E-state index is 13.4. The molecule has 0 saturated carbocycles. The zero-order valence-corrected chi connectivity index (χ0v) is 10.7. The summed E-state index contributed by atoms with van der Waals surface area (Å²) >= 11 is 7.80. The number of hydrogen-bond acceptors (Lipinski definition) is 2. The minimum atomic E-state index is -0.198. The summed E-state index contributed by atoms with van der Waals surface area (Å²) in [5.74, 6) is 0.675. The van der Waals surface area contributed by atoms with Crippen LogP contribution in [0.15, 0.2) is 12.1 Å². The lowest BCUT2D eigenvalue weighted by molar-refractivity contribution is 0.603. The van der Waals surface area contributed by atoms with Gasteiger partial charge in [0.1, 0.15) is 5.82 Å². The third-order valence-electron chi connectivity index (χ3n) is 2.34. The van der Waals surface area contributed by atoms with Crippen molar-refractivity contribution < 1.29 is 4.39 Å². The Morgan fingerprint density at radius 2 is 2.20 bits per heavy atom. The second kappa shape index (κ2) is 5.73. The Hall–Kier alpha value is -0.250. The second-order valence-corrected chi connectivity index (χ2v) is 4.74. The Morgan fingerprint density at radius 1 is 1.53 bits per heavy atom. The highest BCUT2D eigenvalue weighted by Gasteiger charge is 2.14. The molecule has 1 atom stereocenters. The van der Waals surface area contributed by atoms with E-state index in [4.69, 9.17) is 11.6 Å². The van der Waals surface area contributed by atoms with Crippen LogP contribution in [0, 0.1) is 12.7 Å². The fourth-order valence-electron chi connectivity index (χ4n) is 1.42. The molecule has 1 unspecified atom stereocenters. The standard InChI is InChI=1S/C11H15ClFNS/c1-7-4-9(12)8(5-10(7)13)11(14-2)6-15-3/h4-5,11,14H,6H2,1-3H3. The molecule has 0 radical (unpaired) electrons. The fraction of sp³-hybridized carbons (Fsp3) is 0.455. The number of benzene rings is 1. The second-order valence-electron chi connectivity index (χ2n) is 3.42. The van der Waals surface area contributed by atoms with Crippen LogP contribution in [0.1, 0.15) is 17.2 Å². The molecular formula is C11H15ClFNS. The summed E-state index contributed by atoms with van der Waals surface area (Å²) in [7, 11) is 1.86. The fourth-order valence-corrected chi connectivity index (χ4v) is 2.45. The van der Waals surface area contributed by atoms with Crippen molar-refractivity contribution >= 4 is 23.4 Å². The van der Waals surface area contributed by atoms with E-state index in [1.165, 1.54) is 6.07 Å². The summed E-state index contributed by atoms with van der Waals surface area (Å²) in [6.07, 6.45) is 2.02. The molecule has 0 amide bonds. The maximum Gasteiger partial charge on any atom is 0.126 e. The molecule has 0 fully saturated rings. The van der Waals surface area contributed by atoms with Crippen LogP contribution in [0.2, 0.25) is 5.02 Å². The van der Waals surface area contributed by atoms with E-state index in [-0.39, 0.29) is 11.9 Å². The molecule has 0 heterocycles. The molecule has 1 aromatic carbocycles. The van der Waals surface area contributed by atoms with Gasteiger partial charge in [-0.15, -0.1) is 0 Å². The minimum absolute atomic E-state index is 0.0996. The quantitative estimate of drug-likeness (QED) is 0.875. The van der Waals surface area contributed by atoms with Gasteiger partial charge in [-0.25, -0.2) is 4.39 Å². The van der Waals surface area contributed by atoms with Crippen molar-refractivity contribution in [2.75, 3.05) is 19.1 Å². The molecule has 15 heavy (non-hydrogen) atoms. The number of halogens is 2. The molecule has 1 N–H and O–H groups in total. The molecule has 4 heteroatoms. The summed E-state index contributed by atoms with van der Waals surface area (Å²) in [6.45, 7) is 1.72. The molecule has 0 bridgehead atoms. The van der Waals surface area contributed by atoms with E-state index in [0.29, 0.717) is 10.6 Å². The Bertz CT molecular complexity index is 344. The molecule has 0 spiro atoms. The summed E-state index contributed by atoms with van der Waals surface area (Å²) in [6, 6.07) is 3.30. The zero-order valence-electron chi connectivity index (χ0n) is 9.10. The van der Waals surface area contributed by atoms with Gasteiger partial charge in [0.25, 0.3) is 0 Å². The number of nitrogens with one attached hydrogen (secondary N) is 1. The van der Waals surface area contributed by atoms with Crippen LogP contribution in [0.25, 0.3) is 0 Å². The SMILES string of the molecule is CNC(CSC)c1cc(F)c(C)cc1Cl. The van der Waals surface area contributed by atoms with Crippen molar-refractivity contribution in [3.8, 4) is 0 Å². The van der Waals surface area contributed by atoms with E-state index < -0.39 is 0 Å². The van der Waals surface area contributed by atoms with Gasteiger partial charge in [0.05, 0.1) is 0 Å². The number of hydrogen-bond donors (Lipinski definition) is 1. The highest BCUT2D eigenvalue weighted by Crippen LogP contribution is 2.27. The van der Waals surface area contributed by atoms with Gasteiger partial charge >= 0.3 is 0 Å². The summed E-state index contributed by atoms with van der Waals surface area (Å²) in [4.78, 5) is 0. The largest absolute Gasteiger partial charge is 0.312 e. The molecule has 0 saturated heterocycles. The van der Waals surface area contributed by atoms with Crippen LogP contribution in [0.4, 0.5) is 4.39 Å². The van der Waals surface area contributed by atoms with Crippen molar-refractivity contribution in [1.82, 2.24) is 5.32 Å². The molecule has 1 nitrogen and oxygen atoms in total. The van der Waals surface area contributed by atoms with E-state index in [1.54, 1.807) is 24.8 Å². The summed E-state index contributed by atoms with van der Waals surface area (Å²) in [5, 5.41) is 3.76. The monoisotopic (exact) mass is 247 g/mol. The molecule has 84 valence electrons. The van der Waals surface area contributed by atoms with Crippen LogP contribution in [-0.4, -0.2) is 19.1 Å². The first kappa shape index (κ1) is 12.8. The Labute approximate surface area is 99.4 Å². The van der Waals surface area contributed by atoms with Crippen molar-refractivity contribution in [2.45, 2.75) is 13.0 Å². The normalized spacial score (nSPS) is 12.9. The zero-order chi connectivity index (χ0) is 11.4. The van der Waals surface area contributed by atoms with E-state index in [9.17, 15) is 4.39 Å². The molecule has 1 aromatic rings. The van der Waals surface area contributed by atoms with E-state index in [2.05, 4.69) is 5.32 Å². The number of aryl methyl sites for hydroxylation is 1. The van der Waals surface area contributed by atoms with Gasteiger partial charge in [-0.2, -0.15) is 11.8 Å². The van der Waals surface area contributed by atoms with E-state index in [1.807, 2.05) is 13.3 Å². The molecule has 0 aromatic heterocycles. The van der Waals surface area contributed by atoms with Crippen molar-refractivity contribution in [1.29, 1.82) is 0 Å². The molecule has 0 aliphatic rings. The Balaban J connectivity index is 3.06. The van der Waals surface area contributed by atoms with Crippen molar-refractivity contribution in [2.24, 2.45) is 0 Å². The van der Waals surface area contributed by atoms with Gasteiger partial charge < -0.3 is 5.32 Å². The summed E-state index contributed by atoms with van der Waals surface area (Å²) in [5.41, 5.74) is 1.42. The van der Waals surface area contributed by atoms with Crippen LogP contribution in [-0.2, 0) is 0 Å². The van der Waals surface area contributed by atoms with Crippen molar-refractivity contribution in [3.05, 3.63) is 34.1 Å². The van der Waals surface area contributed by atoms with Gasteiger partial charge in [-0.3, -0.25) is 0 Å². The molecule has 1 rings (SSSR count). The average molecular weight is 248 g/mol. The van der Waals surface area contributed by atoms with Gasteiger partial charge in [0.15, 0.2) is 0 Å². The summed E-state index contributed by atoms with van der Waals surface area (Å²) < 4.78 is 13.4. The topological polar surface area (TPSA) is 12.0 Å². The van der Waals surface area contributed by atoms with Crippen LogP contribution in [0.3, 0.4) is 0 Å². The number of rotatable bonds is 4. The minimum Gasteiger partial charge on any atom is -0.312 e. The molecular weight excluding hydrogens is 233 g/mol. The predicted octanol–water partition coefficient (Wildman–Crippen LogP) is 3.41. The lowest BCUT2D eigenvalue weighted by Gasteiger charge is -2.17. The Morgan fingerprint density at radius 3 is 2.73 bits per heavy atom. The first-order valence-corrected chi connectivity index (χ1v) is 6.49. The van der Waals surface area contributed by atoms with Gasteiger partial charge in [-0.05, 0) is 43.5 Å². The highest BCUT2D eigenvalue weighted by atomic mass is 35.5. The third-order valence-corrected chi connectivity index (χ3v) is 3.33. The molecule has 0 aliphatic carbocycles. The van der Waals surface area contributed by atoms with Gasteiger partial charge in [0.2, 0.25) is 0 Å². The molecule has 0 aliphatic heterocycles. The average Bonchev–Trinajstić information content (AvgIpc) is 2.20.